The van der Waals surface area contributed by atoms with Crippen molar-refractivity contribution in [2.45, 2.75) is 31.9 Å². The Kier molecular flexibility index (Phi) is 2.47. The third-order valence-electron chi connectivity index (χ3n) is 8.63. The second-order valence-electron chi connectivity index (χ2n) is 10.5. The number of hydroxylamine groups is 2. The lowest BCUT2D eigenvalue weighted by atomic mass is 8.94. The molecule has 8 nitrogen and oxygen atoms in total. The molecule has 1 heterocycles. The normalized spacial score (nSPS) is 44.4. The van der Waals surface area contributed by atoms with Crippen LogP contribution < -0.4 is 5.32 Å². The SMILES string of the molecule is CC(C)(C)OC(=O)NC12C3C4C1C1C2C3C41C(=O)ON1C(=O)c2ccccc2C1=O. The molecule has 6 aliphatic carbocycles. The minimum atomic E-state index is -0.594. The van der Waals surface area contributed by atoms with Crippen molar-refractivity contribution in [2.75, 3.05) is 0 Å². The highest BCUT2D eigenvalue weighted by Crippen LogP contribution is 3.07. The zero-order chi connectivity index (χ0) is 21.0. The average molecular weight is 408 g/mol. The number of rotatable bonds is 3. The molecule has 0 spiro atoms. The Morgan fingerprint density at radius 2 is 1.43 bits per heavy atom. The molecule has 0 atom stereocenters. The van der Waals surface area contributed by atoms with E-state index in [1.54, 1.807) is 24.3 Å². The first-order chi connectivity index (χ1) is 14.2. The van der Waals surface area contributed by atoms with Gasteiger partial charge in [-0.2, -0.15) is 0 Å². The Hall–Kier alpha value is -2.90. The highest BCUT2D eigenvalue weighted by atomic mass is 16.7. The number of nitrogens with one attached hydrogen (secondary N) is 1. The number of hydrogen-bond acceptors (Lipinski definition) is 6. The minimum absolute atomic E-state index is 0.176. The van der Waals surface area contributed by atoms with E-state index in [1.807, 2.05) is 20.8 Å². The van der Waals surface area contributed by atoms with E-state index in [0.29, 0.717) is 5.06 Å². The van der Waals surface area contributed by atoms with Gasteiger partial charge in [0, 0.05) is 0 Å². The summed E-state index contributed by atoms with van der Waals surface area (Å²) >= 11 is 0. The molecule has 154 valence electrons. The molecule has 3 amide bonds. The lowest BCUT2D eigenvalue weighted by molar-refractivity contribution is -0.610. The number of carbonyl (C=O) groups is 4. The lowest BCUT2D eigenvalue weighted by Crippen LogP contribution is -3.16. The van der Waals surface area contributed by atoms with Gasteiger partial charge in [-0.15, -0.1) is 0 Å². The van der Waals surface area contributed by atoms with Crippen LogP contribution in [-0.4, -0.2) is 40.1 Å². The predicted molar refractivity (Wildman–Crippen MR) is 98.5 cm³/mol. The van der Waals surface area contributed by atoms with Gasteiger partial charge < -0.3 is 14.9 Å². The van der Waals surface area contributed by atoms with E-state index in [1.165, 1.54) is 0 Å². The molecule has 8 heteroatoms. The van der Waals surface area contributed by atoms with Gasteiger partial charge in [0.2, 0.25) is 0 Å². The number of fused-ring (bicyclic) bond motifs is 1. The zero-order valence-corrected chi connectivity index (χ0v) is 16.7. The third kappa shape index (κ3) is 1.35. The van der Waals surface area contributed by atoms with E-state index in [9.17, 15) is 19.2 Å². The van der Waals surface area contributed by atoms with Gasteiger partial charge in [-0.3, -0.25) is 9.59 Å². The number of nitrogens with zero attached hydrogens (tertiary/aromatic N) is 1. The van der Waals surface area contributed by atoms with E-state index in [4.69, 9.17) is 9.57 Å². The van der Waals surface area contributed by atoms with Gasteiger partial charge in [-0.05, 0) is 68.4 Å². The van der Waals surface area contributed by atoms with E-state index >= 15 is 0 Å². The number of benzene rings is 1. The van der Waals surface area contributed by atoms with Crippen LogP contribution in [0, 0.1) is 40.9 Å². The van der Waals surface area contributed by atoms with Crippen LogP contribution in [0.3, 0.4) is 0 Å². The van der Waals surface area contributed by atoms with Gasteiger partial charge in [-0.25, -0.2) is 9.59 Å². The quantitative estimate of drug-likeness (QED) is 0.765. The summed E-state index contributed by atoms with van der Waals surface area (Å²) in [6.07, 6.45) is -0.402. The molecule has 0 aromatic heterocycles. The summed E-state index contributed by atoms with van der Waals surface area (Å²) in [5, 5.41) is 3.70. The fourth-order valence-electron chi connectivity index (χ4n) is 8.08. The Balaban J connectivity index is 1.06. The number of alkyl carbamates (subject to hydrolysis) is 1. The molecule has 1 aromatic rings. The maximum Gasteiger partial charge on any atom is 0.408 e. The van der Waals surface area contributed by atoms with Crippen LogP contribution in [0.4, 0.5) is 4.79 Å². The molecule has 1 aromatic carbocycles. The van der Waals surface area contributed by atoms with Crippen LogP contribution >= 0.6 is 0 Å². The summed E-state index contributed by atoms with van der Waals surface area (Å²) in [4.78, 5) is 55.7. The molecule has 0 bridgehead atoms. The number of imide groups is 1. The fraction of sp³-hybridized carbons (Fsp3) is 0.545. The summed E-state index contributed by atoms with van der Waals surface area (Å²) < 4.78 is 5.41. The standard InChI is InChI=1S/C22H20N2O6/c1-20(2,3)29-19(28)23-22-13-10-14(22)12-15(22)11(13)21(10,12)18(27)30-24-16(25)8-6-4-5-7-9(8)17(24)26/h4-7,10-15H,1-3H3,(H,23,28). The Morgan fingerprint density at radius 3 is 1.90 bits per heavy atom. The van der Waals surface area contributed by atoms with Gasteiger partial charge in [-0.1, -0.05) is 17.2 Å². The van der Waals surface area contributed by atoms with Crippen molar-refractivity contribution in [1.82, 2.24) is 10.4 Å². The first-order valence-electron chi connectivity index (χ1n) is 10.4. The van der Waals surface area contributed by atoms with Crippen molar-refractivity contribution in [1.29, 1.82) is 0 Å². The maximum absolute atomic E-state index is 13.1. The highest BCUT2D eigenvalue weighted by Gasteiger charge is 3.12. The molecular weight excluding hydrogens is 388 g/mol. The van der Waals surface area contributed by atoms with E-state index in [2.05, 4.69) is 5.32 Å². The molecule has 0 saturated heterocycles. The fourth-order valence-corrected chi connectivity index (χ4v) is 8.08. The van der Waals surface area contributed by atoms with Gasteiger partial charge >= 0.3 is 12.1 Å². The van der Waals surface area contributed by atoms with Crippen molar-refractivity contribution in [3.8, 4) is 0 Å². The van der Waals surface area contributed by atoms with Crippen LogP contribution in [0.5, 0.6) is 0 Å². The maximum atomic E-state index is 13.1. The molecule has 6 fully saturated rings. The second-order valence-corrected chi connectivity index (χ2v) is 10.5. The minimum Gasteiger partial charge on any atom is -0.444 e. The largest absolute Gasteiger partial charge is 0.444 e. The van der Waals surface area contributed by atoms with E-state index < -0.39 is 34.9 Å². The Labute approximate surface area is 171 Å². The van der Waals surface area contributed by atoms with Crippen molar-refractivity contribution < 1.29 is 28.8 Å². The molecule has 6 saturated carbocycles. The molecule has 7 aliphatic rings. The molecular formula is C22H20N2O6. The van der Waals surface area contributed by atoms with Crippen LogP contribution in [-0.2, 0) is 14.4 Å². The molecule has 30 heavy (non-hydrogen) atoms. The summed E-state index contributed by atoms with van der Waals surface area (Å²) in [5.74, 6) is -0.293. The second kappa shape index (κ2) is 4.40. The van der Waals surface area contributed by atoms with Crippen LogP contribution in [0.1, 0.15) is 41.5 Å². The van der Waals surface area contributed by atoms with Crippen molar-refractivity contribution in [2.24, 2.45) is 40.9 Å². The summed E-state index contributed by atoms with van der Waals surface area (Å²) in [6, 6.07) is 6.45. The summed E-state index contributed by atoms with van der Waals surface area (Å²) in [5.41, 5.74) is -0.817. The highest BCUT2D eigenvalue weighted by molar-refractivity contribution is 6.21. The van der Waals surface area contributed by atoms with Crippen molar-refractivity contribution in [3.63, 3.8) is 0 Å². The molecule has 8 rings (SSSR count). The number of carbonyl (C=O) groups excluding carboxylic acids is 4. The smallest absolute Gasteiger partial charge is 0.408 e. The van der Waals surface area contributed by atoms with Gasteiger partial charge in [0.1, 0.15) is 5.60 Å². The Morgan fingerprint density at radius 1 is 0.933 bits per heavy atom. The molecule has 0 unspecified atom stereocenters. The zero-order valence-electron chi connectivity index (χ0n) is 16.7. The molecule has 1 aliphatic heterocycles. The van der Waals surface area contributed by atoms with Crippen molar-refractivity contribution in [3.05, 3.63) is 35.4 Å². The molecule has 0 radical (unpaired) electrons. The van der Waals surface area contributed by atoms with Crippen molar-refractivity contribution >= 4 is 23.9 Å². The topological polar surface area (TPSA) is 102 Å². The van der Waals surface area contributed by atoms with Gasteiger partial charge in [0.25, 0.3) is 11.8 Å². The lowest BCUT2D eigenvalue weighted by Gasteiger charge is -3.09. The van der Waals surface area contributed by atoms with E-state index in [-0.39, 0.29) is 52.2 Å². The van der Waals surface area contributed by atoms with Crippen LogP contribution in [0.2, 0.25) is 0 Å². The number of amides is 3. The Bertz CT molecular complexity index is 1030. The van der Waals surface area contributed by atoms with Crippen LogP contribution in [0.25, 0.3) is 0 Å². The number of hydrogen-bond donors (Lipinski definition) is 1. The first-order valence-corrected chi connectivity index (χ1v) is 10.4. The first kappa shape index (κ1) is 16.8. The predicted octanol–water partition coefficient (Wildman–Crippen LogP) is 1.76. The van der Waals surface area contributed by atoms with Gasteiger partial charge in [0.05, 0.1) is 22.1 Å². The monoisotopic (exact) mass is 408 g/mol. The van der Waals surface area contributed by atoms with Crippen LogP contribution in [0.15, 0.2) is 24.3 Å². The summed E-state index contributed by atoms with van der Waals surface area (Å²) in [7, 11) is 0. The summed E-state index contributed by atoms with van der Waals surface area (Å²) in [6.45, 7) is 5.49. The number of ether oxygens (including phenoxy) is 1. The van der Waals surface area contributed by atoms with Gasteiger partial charge in [0.15, 0.2) is 0 Å². The molecule has 1 N–H and O–H groups in total. The average Bonchev–Trinajstić information content (AvgIpc) is 2.92. The third-order valence-corrected chi connectivity index (χ3v) is 8.63. The van der Waals surface area contributed by atoms with E-state index in [0.717, 1.165) is 0 Å².